The molecular formula is C29H34N2O6. The molecule has 0 aliphatic carbocycles. The lowest BCUT2D eigenvalue weighted by Crippen LogP contribution is -2.23. The molecule has 0 fully saturated rings. The van der Waals surface area contributed by atoms with E-state index in [-0.39, 0.29) is 17.2 Å². The molecule has 196 valence electrons. The summed E-state index contributed by atoms with van der Waals surface area (Å²) in [6.45, 7) is 6.05. The summed E-state index contributed by atoms with van der Waals surface area (Å²) in [4.78, 5) is 20.4. The Morgan fingerprint density at radius 3 is 2.30 bits per heavy atom. The summed E-state index contributed by atoms with van der Waals surface area (Å²) in [7, 11) is 6.16. The van der Waals surface area contributed by atoms with Gasteiger partial charge in [-0.25, -0.2) is 0 Å². The minimum absolute atomic E-state index is 0.0520. The predicted octanol–water partition coefficient (Wildman–Crippen LogP) is 5.27. The maximum Gasteiger partial charge on any atom is 0.264 e. The van der Waals surface area contributed by atoms with E-state index in [1.54, 1.807) is 25.3 Å². The van der Waals surface area contributed by atoms with Crippen molar-refractivity contribution in [2.45, 2.75) is 32.6 Å². The number of aromatic nitrogens is 1. The van der Waals surface area contributed by atoms with Gasteiger partial charge in [0.25, 0.3) is 5.56 Å². The van der Waals surface area contributed by atoms with Gasteiger partial charge < -0.3 is 29.0 Å². The molecule has 0 aliphatic rings. The number of aliphatic imine (C=N–C) groups is 1. The van der Waals surface area contributed by atoms with Gasteiger partial charge in [0.15, 0.2) is 0 Å². The number of aryl methyl sites for hydroxylation is 1. The maximum atomic E-state index is 13.3. The van der Waals surface area contributed by atoms with E-state index in [9.17, 15) is 9.90 Å². The lowest BCUT2D eigenvalue weighted by molar-refractivity contribution is 0.394. The van der Waals surface area contributed by atoms with Gasteiger partial charge in [-0.3, -0.25) is 9.79 Å². The molecule has 0 saturated heterocycles. The number of ether oxygens (including phenoxy) is 4. The first kappa shape index (κ1) is 27.4. The van der Waals surface area contributed by atoms with Gasteiger partial charge in [0.05, 0.1) is 32.5 Å². The van der Waals surface area contributed by atoms with Crippen LogP contribution in [0.5, 0.6) is 23.0 Å². The average Bonchev–Trinajstić information content (AvgIpc) is 2.90. The number of nitrogens with zero attached hydrogens (tertiary/aromatic N) is 1. The van der Waals surface area contributed by atoms with Crippen molar-refractivity contribution in [3.63, 3.8) is 0 Å². The second-order valence-corrected chi connectivity index (χ2v) is 8.37. The number of pyridine rings is 1. The van der Waals surface area contributed by atoms with Crippen LogP contribution in [0.15, 0.2) is 64.6 Å². The van der Waals surface area contributed by atoms with Crippen LogP contribution in [0.1, 0.15) is 36.6 Å². The summed E-state index contributed by atoms with van der Waals surface area (Å²) in [5.41, 5.74) is 1.79. The lowest BCUT2D eigenvalue weighted by atomic mass is 9.95. The van der Waals surface area contributed by atoms with Crippen LogP contribution in [0.25, 0.3) is 11.1 Å². The Balaban J connectivity index is 2.11. The molecule has 0 aliphatic heterocycles. The van der Waals surface area contributed by atoms with Crippen molar-refractivity contribution in [2.75, 3.05) is 28.4 Å². The second-order valence-electron chi connectivity index (χ2n) is 8.37. The zero-order valence-electron chi connectivity index (χ0n) is 22.0. The van der Waals surface area contributed by atoms with Crippen LogP contribution in [0.3, 0.4) is 0 Å². The molecule has 1 aromatic heterocycles. The number of benzene rings is 2. The van der Waals surface area contributed by atoms with Gasteiger partial charge in [0.2, 0.25) is 5.90 Å². The first-order valence-corrected chi connectivity index (χ1v) is 12.0. The molecule has 0 saturated carbocycles. The van der Waals surface area contributed by atoms with Crippen molar-refractivity contribution >= 4 is 5.90 Å². The molecule has 0 bridgehead atoms. The van der Waals surface area contributed by atoms with Crippen LogP contribution in [-0.2, 0) is 17.6 Å². The fraction of sp³-hybridized carbons (Fsp3) is 0.310. The van der Waals surface area contributed by atoms with Gasteiger partial charge in [-0.1, -0.05) is 38.1 Å². The number of methoxy groups -OCH3 is 3. The molecular weight excluding hydrogens is 472 g/mol. The molecule has 2 N–H and O–H groups in total. The van der Waals surface area contributed by atoms with E-state index in [4.69, 9.17) is 18.9 Å². The first-order valence-electron chi connectivity index (χ1n) is 12.0. The number of hydrogen-bond acceptors (Lipinski definition) is 7. The number of aromatic hydroxyl groups is 1. The van der Waals surface area contributed by atoms with Crippen molar-refractivity contribution in [3.8, 4) is 34.1 Å². The Hall–Kier alpha value is -4.20. The van der Waals surface area contributed by atoms with E-state index < -0.39 is 5.56 Å². The minimum atomic E-state index is -0.518. The van der Waals surface area contributed by atoms with Crippen LogP contribution in [0.4, 0.5) is 0 Å². The fourth-order valence-electron chi connectivity index (χ4n) is 4.14. The number of aromatic amines is 1. The Kier molecular flexibility index (Phi) is 9.38. The maximum absolute atomic E-state index is 13.3. The number of unbranched alkanes of at least 4 members (excludes halogenated alkanes) is 1. The van der Waals surface area contributed by atoms with Gasteiger partial charge >= 0.3 is 0 Å². The number of H-pyrrole nitrogens is 1. The second kappa shape index (κ2) is 12.7. The third-order valence-corrected chi connectivity index (χ3v) is 5.92. The van der Waals surface area contributed by atoms with Crippen LogP contribution in [0, 0.1) is 0 Å². The van der Waals surface area contributed by atoms with Crippen molar-refractivity contribution in [3.05, 3.63) is 82.0 Å². The molecule has 0 spiro atoms. The molecule has 8 heteroatoms. The zero-order valence-corrected chi connectivity index (χ0v) is 22.0. The average molecular weight is 507 g/mol. The molecule has 37 heavy (non-hydrogen) atoms. The SMILES string of the molecule is C=C(Cc1cccc(OC)c1)OC(=NC)c1c(O)c(-c2c(OC)cccc2OC)c(CCCC)[nH]c1=O. The summed E-state index contributed by atoms with van der Waals surface area (Å²) in [6.07, 6.45) is 2.61. The van der Waals surface area contributed by atoms with Crippen LogP contribution >= 0.6 is 0 Å². The molecule has 0 amide bonds. The quantitative estimate of drug-likeness (QED) is 0.209. The molecule has 1 heterocycles. The summed E-state index contributed by atoms with van der Waals surface area (Å²) in [5.74, 6) is 1.71. The van der Waals surface area contributed by atoms with Gasteiger partial charge in [-0.2, -0.15) is 0 Å². The Morgan fingerprint density at radius 2 is 1.70 bits per heavy atom. The van der Waals surface area contributed by atoms with Gasteiger partial charge in [0, 0.05) is 19.2 Å². The van der Waals surface area contributed by atoms with E-state index >= 15 is 0 Å². The normalized spacial score (nSPS) is 11.2. The molecule has 0 atom stereocenters. The van der Waals surface area contributed by atoms with Gasteiger partial charge in [0.1, 0.15) is 34.3 Å². The highest BCUT2D eigenvalue weighted by atomic mass is 16.5. The van der Waals surface area contributed by atoms with Crippen molar-refractivity contribution in [1.29, 1.82) is 0 Å². The molecule has 0 unspecified atom stereocenters. The van der Waals surface area contributed by atoms with Crippen LogP contribution in [0.2, 0.25) is 0 Å². The summed E-state index contributed by atoms with van der Waals surface area (Å²) < 4.78 is 22.4. The van der Waals surface area contributed by atoms with Crippen molar-refractivity contribution in [1.82, 2.24) is 4.98 Å². The monoisotopic (exact) mass is 506 g/mol. The highest BCUT2D eigenvalue weighted by Gasteiger charge is 2.27. The fourth-order valence-corrected chi connectivity index (χ4v) is 4.14. The molecule has 0 radical (unpaired) electrons. The van der Waals surface area contributed by atoms with E-state index in [0.29, 0.717) is 52.7 Å². The molecule has 8 nitrogen and oxygen atoms in total. The lowest BCUT2D eigenvalue weighted by Gasteiger charge is -2.20. The number of allylic oxidation sites excluding steroid dienone is 1. The Bertz CT molecular complexity index is 1320. The number of hydrogen-bond donors (Lipinski definition) is 2. The van der Waals surface area contributed by atoms with E-state index in [1.807, 2.05) is 24.3 Å². The third-order valence-electron chi connectivity index (χ3n) is 5.92. The highest BCUT2D eigenvalue weighted by Crippen LogP contribution is 2.44. The molecule has 3 aromatic rings. The summed E-state index contributed by atoms with van der Waals surface area (Å²) in [5, 5.41) is 11.6. The first-order chi connectivity index (χ1) is 17.9. The predicted molar refractivity (Wildman–Crippen MR) is 145 cm³/mol. The van der Waals surface area contributed by atoms with Crippen molar-refractivity contribution in [2.24, 2.45) is 4.99 Å². The molecule has 2 aromatic carbocycles. The van der Waals surface area contributed by atoms with Crippen molar-refractivity contribution < 1.29 is 24.1 Å². The number of rotatable bonds is 11. The topological polar surface area (TPSA) is 102 Å². The van der Waals surface area contributed by atoms with E-state index in [2.05, 4.69) is 23.5 Å². The largest absolute Gasteiger partial charge is 0.506 e. The summed E-state index contributed by atoms with van der Waals surface area (Å²) >= 11 is 0. The van der Waals surface area contributed by atoms with Gasteiger partial charge in [-0.15, -0.1) is 0 Å². The standard InChI is InChI=1S/C29H34N2O6/c1-7-8-13-21-24(25-22(35-5)14-10-15-23(25)36-6)27(32)26(28(33)31-21)29(30-3)37-18(2)16-19-11-9-12-20(17-19)34-4/h9-12,14-15,17H,2,7-8,13,16H2,1,3-6H3,(H2,31,32,33). The third kappa shape index (κ3) is 6.14. The minimum Gasteiger partial charge on any atom is -0.506 e. The van der Waals surface area contributed by atoms with E-state index in [1.165, 1.54) is 21.3 Å². The van der Waals surface area contributed by atoms with E-state index in [0.717, 1.165) is 18.4 Å². The molecule has 3 rings (SSSR count). The number of nitrogens with one attached hydrogen (secondary N) is 1. The highest BCUT2D eigenvalue weighted by molar-refractivity contribution is 6.00. The van der Waals surface area contributed by atoms with Crippen LogP contribution in [-0.4, -0.2) is 44.4 Å². The smallest absolute Gasteiger partial charge is 0.264 e. The zero-order chi connectivity index (χ0) is 26.9. The van der Waals surface area contributed by atoms with Crippen LogP contribution < -0.4 is 19.8 Å². The Morgan fingerprint density at radius 1 is 1.03 bits per heavy atom. The Labute approximate surface area is 217 Å². The van der Waals surface area contributed by atoms with Gasteiger partial charge in [-0.05, 0) is 42.7 Å². The summed E-state index contributed by atoms with van der Waals surface area (Å²) in [6, 6.07) is 12.8.